The Kier molecular flexibility index (Phi) is 6.82. The molecule has 0 saturated heterocycles. The molecule has 0 radical (unpaired) electrons. The Balaban J connectivity index is 1.48. The normalized spacial score (nSPS) is 12.5. The molecule has 9 heteroatoms. The van der Waals surface area contributed by atoms with E-state index in [1.807, 2.05) is 0 Å². The summed E-state index contributed by atoms with van der Waals surface area (Å²) in [4.78, 5) is 42.6. The lowest BCUT2D eigenvalue weighted by atomic mass is 9.95. The summed E-state index contributed by atoms with van der Waals surface area (Å²) in [6.07, 6.45) is 5.14. The molecule has 0 unspecified atom stereocenters. The monoisotopic (exact) mass is 469 g/mol. The lowest BCUT2D eigenvalue weighted by molar-refractivity contribution is -0.119. The second kappa shape index (κ2) is 9.93. The Labute approximate surface area is 193 Å². The summed E-state index contributed by atoms with van der Waals surface area (Å²) in [5, 5.41) is 6.66. The number of ether oxygens (including phenoxy) is 1. The molecule has 2 aromatic heterocycles. The van der Waals surface area contributed by atoms with Gasteiger partial charge in [-0.05, 0) is 67.6 Å². The third-order valence-corrected chi connectivity index (χ3v) is 6.42. The summed E-state index contributed by atoms with van der Waals surface area (Å²) in [7, 11) is 0. The maximum absolute atomic E-state index is 13.1. The summed E-state index contributed by atoms with van der Waals surface area (Å²) >= 11 is 7.31. The number of hydrogen-bond acceptors (Lipinski definition) is 6. The molecule has 1 aromatic carbocycles. The topological polar surface area (TPSA) is 97.4 Å². The van der Waals surface area contributed by atoms with Gasteiger partial charge >= 0.3 is 5.97 Å². The molecule has 0 saturated carbocycles. The maximum Gasteiger partial charge on any atom is 0.357 e. The van der Waals surface area contributed by atoms with Gasteiger partial charge in [0.05, 0.1) is 5.56 Å². The molecular formula is C23H20ClN3O4S. The van der Waals surface area contributed by atoms with E-state index in [-0.39, 0.29) is 11.6 Å². The molecule has 1 aliphatic rings. The summed E-state index contributed by atoms with van der Waals surface area (Å²) in [6, 6.07) is 11.7. The van der Waals surface area contributed by atoms with Crippen LogP contribution >= 0.6 is 22.9 Å². The van der Waals surface area contributed by atoms with Crippen molar-refractivity contribution in [2.45, 2.75) is 25.7 Å². The lowest BCUT2D eigenvalue weighted by Crippen LogP contribution is -2.23. The van der Waals surface area contributed by atoms with Crippen LogP contribution in [0.25, 0.3) is 0 Å². The zero-order chi connectivity index (χ0) is 22.5. The number of carbonyl (C=O) groups is 3. The number of halogens is 1. The highest BCUT2D eigenvalue weighted by Crippen LogP contribution is 2.38. The number of benzene rings is 1. The van der Waals surface area contributed by atoms with Gasteiger partial charge < -0.3 is 15.4 Å². The molecule has 0 aliphatic heterocycles. The first-order chi connectivity index (χ1) is 15.5. The van der Waals surface area contributed by atoms with Gasteiger partial charge in [-0.15, -0.1) is 11.3 Å². The van der Waals surface area contributed by atoms with Crippen molar-refractivity contribution in [1.82, 2.24) is 4.98 Å². The van der Waals surface area contributed by atoms with Crippen molar-refractivity contribution in [3.05, 3.63) is 75.4 Å². The molecule has 2 heterocycles. The minimum absolute atomic E-state index is 0.120. The van der Waals surface area contributed by atoms with Crippen molar-refractivity contribution in [3.63, 3.8) is 0 Å². The summed E-state index contributed by atoms with van der Waals surface area (Å²) in [5.41, 5.74) is 2.16. The molecule has 4 rings (SSSR count). The van der Waals surface area contributed by atoms with E-state index >= 15 is 0 Å². The van der Waals surface area contributed by atoms with Crippen molar-refractivity contribution < 1.29 is 19.1 Å². The number of pyridine rings is 1. The summed E-state index contributed by atoms with van der Waals surface area (Å²) in [6.45, 7) is -0.476. The predicted octanol–water partition coefficient (Wildman–Crippen LogP) is 4.72. The van der Waals surface area contributed by atoms with Gasteiger partial charge in [0.25, 0.3) is 11.8 Å². The number of thiophene rings is 1. The number of hydrogen-bond donors (Lipinski definition) is 2. The second-order valence-corrected chi connectivity index (χ2v) is 8.76. The van der Waals surface area contributed by atoms with Crippen LogP contribution in [0.2, 0.25) is 5.02 Å². The van der Waals surface area contributed by atoms with Crippen LogP contribution in [0.5, 0.6) is 0 Å². The van der Waals surface area contributed by atoms with Gasteiger partial charge in [-0.1, -0.05) is 17.7 Å². The molecule has 0 fully saturated rings. The Bertz CT molecular complexity index is 1150. The van der Waals surface area contributed by atoms with Gasteiger partial charge in [-0.2, -0.15) is 0 Å². The molecule has 2 N–H and O–H groups in total. The van der Waals surface area contributed by atoms with Crippen LogP contribution in [-0.4, -0.2) is 29.4 Å². The Morgan fingerprint density at radius 2 is 1.81 bits per heavy atom. The molecule has 7 nitrogen and oxygen atoms in total. The van der Waals surface area contributed by atoms with Crippen LogP contribution in [0.1, 0.15) is 44.1 Å². The second-order valence-electron chi connectivity index (χ2n) is 7.22. The van der Waals surface area contributed by atoms with E-state index in [9.17, 15) is 14.4 Å². The number of rotatable bonds is 6. The van der Waals surface area contributed by atoms with Crippen LogP contribution in [0.4, 0.5) is 10.7 Å². The number of fused-ring (bicyclic) bond motifs is 1. The number of nitrogens with zero attached hydrogens (tertiary/aromatic N) is 1. The van der Waals surface area contributed by atoms with Crippen molar-refractivity contribution in [2.24, 2.45) is 0 Å². The number of amides is 2. The number of aryl methyl sites for hydroxylation is 1. The Morgan fingerprint density at radius 1 is 1.03 bits per heavy atom. The van der Waals surface area contributed by atoms with E-state index in [1.165, 1.54) is 23.6 Å². The van der Waals surface area contributed by atoms with Crippen LogP contribution in [0, 0.1) is 0 Å². The molecule has 0 spiro atoms. The zero-order valence-corrected chi connectivity index (χ0v) is 18.6. The minimum atomic E-state index is -0.688. The van der Waals surface area contributed by atoms with Crippen LogP contribution in [-0.2, 0) is 22.4 Å². The van der Waals surface area contributed by atoms with E-state index in [0.29, 0.717) is 21.3 Å². The highest BCUT2D eigenvalue weighted by Gasteiger charge is 2.26. The van der Waals surface area contributed by atoms with Crippen LogP contribution < -0.4 is 10.6 Å². The van der Waals surface area contributed by atoms with Crippen LogP contribution in [0.3, 0.4) is 0 Å². The zero-order valence-electron chi connectivity index (χ0n) is 17.0. The number of nitrogens with one attached hydrogen (secondary N) is 2. The molecule has 32 heavy (non-hydrogen) atoms. The van der Waals surface area contributed by atoms with E-state index in [0.717, 1.165) is 36.1 Å². The van der Waals surface area contributed by atoms with Gasteiger partial charge in [0.2, 0.25) is 0 Å². The van der Waals surface area contributed by atoms with Gasteiger partial charge in [-0.3, -0.25) is 9.59 Å². The van der Waals surface area contributed by atoms with E-state index in [2.05, 4.69) is 15.6 Å². The van der Waals surface area contributed by atoms with Crippen molar-refractivity contribution >= 4 is 51.4 Å². The Hall–Kier alpha value is -3.23. The summed E-state index contributed by atoms with van der Waals surface area (Å²) in [5.74, 6) is -1.51. The van der Waals surface area contributed by atoms with Gasteiger partial charge in [0.15, 0.2) is 6.61 Å². The molecule has 0 bridgehead atoms. The predicted molar refractivity (Wildman–Crippen MR) is 124 cm³/mol. The quantitative estimate of drug-likeness (QED) is 0.509. The van der Waals surface area contributed by atoms with Gasteiger partial charge in [-0.25, -0.2) is 9.78 Å². The number of carbonyl (C=O) groups excluding carboxylic acids is 3. The molecule has 0 atom stereocenters. The fraction of sp³-hybridized carbons (Fsp3) is 0.217. The standard InChI is InChI=1S/C23H20ClN3O4S/c24-14-8-10-15(11-9-14)26-21(29)20-16-5-1-2-7-18(16)32-22(20)27-19(28)13-31-23(30)17-6-3-4-12-25-17/h3-4,6,8-12H,1-2,5,7,13H2,(H,26,29)(H,27,28). The fourth-order valence-corrected chi connectivity index (χ4v) is 4.90. The average molecular weight is 470 g/mol. The van der Waals surface area contributed by atoms with Gasteiger partial charge in [0, 0.05) is 21.8 Å². The number of aromatic nitrogens is 1. The minimum Gasteiger partial charge on any atom is -0.451 e. The third kappa shape index (κ3) is 5.15. The van der Waals surface area contributed by atoms with E-state index in [4.69, 9.17) is 16.3 Å². The van der Waals surface area contributed by atoms with Crippen molar-refractivity contribution in [3.8, 4) is 0 Å². The highest BCUT2D eigenvalue weighted by molar-refractivity contribution is 7.17. The molecule has 3 aromatic rings. The number of esters is 1. The molecule has 164 valence electrons. The summed E-state index contributed by atoms with van der Waals surface area (Å²) < 4.78 is 5.05. The maximum atomic E-state index is 13.1. The highest BCUT2D eigenvalue weighted by atomic mass is 35.5. The largest absolute Gasteiger partial charge is 0.451 e. The third-order valence-electron chi connectivity index (χ3n) is 4.96. The van der Waals surface area contributed by atoms with Gasteiger partial charge in [0.1, 0.15) is 10.7 Å². The van der Waals surface area contributed by atoms with E-state index in [1.54, 1.807) is 36.4 Å². The Morgan fingerprint density at radius 3 is 2.56 bits per heavy atom. The fourth-order valence-electron chi connectivity index (χ4n) is 3.47. The first-order valence-electron chi connectivity index (χ1n) is 10.1. The first-order valence-corrected chi connectivity index (χ1v) is 11.3. The smallest absolute Gasteiger partial charge is 0.357 e. The lowest BCUT2D eigenvalue weighted by Gasteiger charge is -2.13. The molecule has 2 amide bonds. The van der Waals surface area contributed by atoms with Crippen molar-refractivity contribution in [1.29, 1.82) is 0 Å². The first kappa shape index (κ1) is 22.0. The van der Waals surface area contributed by atoms with Crippen molar-refractivity contribution in [2.75, 3.05) is 17.2 Å². The molecular weight excluding hydrogens is 450 g/mol. The average Bonchev–Trinajstić information content (AvgIpc) is 3.17. The SMILES string of the molecule is O=C(COC(=O)c1ccccn1)Nc1sc2c(c1C(=O)Nc1ccc(Cl)cc1)CCCC2. The van der Waals surface area contributed by atoms with E-state index < -0.39 is 18.5 Å². The van der Waals surface area contributed by atoms with Crippen LogP contribution in [0.15, 0.2) is 48.7 Å². The number of anilines is 2. The molecule has 1 aliphatic carbocycles.